The van der Waals surface area contributed by atoms with Gasteiger partial charge in [-0.1, -0.05) is 19.1 Å². The maximum atomic E-state index is 11.6. The predicted octanol–water partition coefficient (Wildman–Crippen LogP) is 1.61. The molecule has 21 heavy (non-hydrogen) atoms. The van der Waals surface area contributed by atoms with Crippen molar-refractivity contribution in [2.45, 2.75) is 26.8 Å². The van der Waals surface area contributed by atoms with Gasteiger partial charge in [-0.2, -0.15) is 0 Å². The minimum atomic E-state index is -0.284. The van der Waals surface area contributed by atoms with Crippen LogP contribution in [-0.4, -0.2) is 31.6 Å². The molecule has 0 bridgehead atoms. The molecule has 0 aliphatic carbocycles. The zero-order valence-corrected chi connectivity index (χ0v) is 12.8. The first kappa shape index (κ1) is 17.0. The van der Waals surface area contributed by atoms with Gasteiger partial charge in [-0.3, -0.25) is 4.79 Å². The lowest BCUT2D eigenvalue weighted by molar-refractivity contribution is -0.118. The summed E-state index contributed by atoms with van der Waals surface area (Å²) >= 11 is 0. The molecular formula is C15H24N4O2. The molecule has 1 rings (SSSR count). The summed E-state index contributed by atoms with van der Waals surface area (Å²) in [6.07, 6.45) is 0. The normalized spacial score (nSPS) is 11.6. The Morgan fingerprint density at radius 2 is 1.71 bits per heavy atom. The zero-order valence-electron chi connectivity index (χ0n) is 12.8. The molecule has 0 radical (unpaired) electrons. The number of nitrogens with one attached hydrogen (secondary N) is 4. The van der Waals surface area contributed by atoms with Crippen molar-refractivity contribution in [2.24, 2.45) is 0 Å². The molecule has 1 atom stereocenters. The summed E-state index contributed by atoms with van der Waals surface area (Å²) in [6, 6.07) is 7.72. The molecule has 3 amide bonds. The number of carbonyl (C=O) groups excluding carboxylic acids is 2. The van der Waals surface area contributed by atoms with Gasteiger partial charge in [0.25, 0.3) is 0 Å². The van der Waals surface area contributed by atoms with Crippen molar-refractivity contribution in [3.63, 3.8) is 0 Å². The summed E-state index contributed by atoms with van der Waals surface area (Å²) in [6.45, 7) is 7.33. The highest BCUT2D eigenvalue weighted by molar-refractivity contribution is 5.89. The van der Waals surface area contributed by atoms with Gasteiger partial charge in [-0.05, 0) is 31.2 Å². The number of urea groups is 1. The molecule has 1 unspecified atom stereocenters. The second kappa shape index (κ2) is 8.97. The van der Waals surface area contributed by atoms with Crippen LogP contribution < -0.4 is 21.3 Å². The molecule has 0 aliphatic rings. The number of amides is 3. The number of rotatable bonds is 7. The molecule has 0 spiro atoms. The van der Waals surface area contributed by atoms with Gasteiger partial charge in [0.15, 0.2) is 0 Å². The average Bonchev–Trinajstić information content (AvgIpc) is 2.44. The van der Waals surface area contributed by atoms with Crippen LogP contribution in [0.1, 0.15) is 32.4 Å². The third-order valence-corrected chi connectivity index (χ3v) is 2.96. The van der Waals surface area contributed by atoms with Crippen molar-refractivity contribution in [3.8, 4) is 0 Å². The highest BCUT2D eigenvalue weighted by Crippen LogP contribution is 2.15. The van der Waals surface area contributed by atoms with Crippen molar-refractivity contribution in [2.75, 3.05) is 25.0 Å². The fourth-order valence-corrected chi connectivity index (χ4v) is 1.87. The van der Waals surface area contributed by atoms with Crippen molar-refractivity contribution in [1.29, 1.82) is 0 Å². The van der Waals surface area contributed by atoms with E-state index in [0.29, 0.717) is 13.1 Å². The Balaban J connectivity index is 2.37. The molecule has 0 heterocycles. The fraction of sp³-hybridized carbons (Fsp3) is 0.467. The molecule has 0 fully saturated rings. The molecule has 1 aromatic rings. The third kappa shape index (κ3) is 6.76. The predicted molar refractivity (Wildman–Crippen MR) is 84.2 cm³/mol. The molecule has 6 heteroatoms. The largest absolute Gasteiger partial charge is 0.355 e. The lowest BCUT2D eigenvalue weighted by Crippen LogP contribution is -2.36. The van der Waals surface area contributed by atoms with E-state index in [4.69, 9.17) is 0 Å². The molecule has 1 aromatic carbocycles. The lowest BCUT2D eigenvalue weighted by atomic mass is 10.1. The van der Waals surface area contributed by atoms with Crippen molar-refractivity contribution >= 4 is 17.6 Å². The maximum Gasteiger partial charge on any atom is 0.319 e. The standard InChI is InChI=1S/C15H24N4O2/c1-4-16-11(2)13-5-7-14(8-6-13)19-15(21)18-10-9-17-12(3)20/h5-8,11,16H,4,9-10H2,1-3H3,(H,17,20)(H2,18,19,21). The van der Waals surface area contributed by atoms with Gasteiger partial charge >= 0.3 is 6.03 Å². The topological polar surface area (TPSA) is 82.3 Å². The zero-order chi connectivity index (χ0) is 15.7. The molecule has 0 saturated heterocycles. The van der Waals surface area contributed by atoms with Crippen LogP contribution in [0.3, 0.4) is 0 Å². The quantitative estimate of drug-likeness (QED) is 0.576. The van der Waals surface area contributed by atoms with E-state index < -0.39 is 0 Å². The van der Waals surface area contributed by atoms with Crippen LogP contribution in [0, 0.1) is 0 Å². The second-order valence-electron chi connectivity index (χ2n) is 4.77. The summed E-state index contributed by atoms with van der Waals surface area (Å²) in [4.78, 5) is 22.3. The van der Waals surface area contributed by atoms with E-state index in [1.54, 1.807) is 0 Å². The molecule has 116 valence electrons. The molecule has 0 saturated carbocycles. The monoisotopic (exact) mass is 292 g/mol. The van der Waals surface area contributed by atoms with E-state index in [2.05, 4.69) is 35.1 Å². The van der Waals surface area contributed by atoms with Crippen LogP contribution >= 0.6 is 0 Å². The minimum Gasteiger partial charge on any atom is -0.355 e. The van der Waals surface area contributed by atoms with Gasteiger partial charge in [0.05, 0.1) is 0 Å². The van der Waals surface area contributed by atoms with Crippen LogP contribution in [0.4, 0.5) is 10.5 Å². The first-order chi connectivity index (χ1) is 10.0. The van der Waals surface area contributed by atoms with Crippen molar-refractivity contribution in [3.05, 3.63) is 29.8 Å². The van der Waals surface area contributed by atoms with Crippen molar-refractivity contribution < 1.29 is 9.59 Å². The Kier molecular flexibility index (Phi) is 7.25. The summed E-state index contributed by atoms with van der Waals surface area (Å²) in [5.41, 5.74) is 1.91. The summed E-state index contributed by atoms with van der Waals surface area (Å²) in [5.74, 6) is -0.109. The van der Waals surface area contributed by atoms with E-state index in [1.165, 1.54) is 12.5 Å². The number of benzene rings is 1. The minimum absolute atomic E-state index is 0.109. The molecular weight excluding hydrogens is 268 g/mol. The maximum absolute atomic E-state index is 11.6. The van der Waals surface area contributed by atoms with E-state index in [0.717, 1.165) is 12.2 Å². The van der Waals surface area contributed by atoms with Gasteiger partial charge in [0.1, 0.15) is 0 Å². The number of hydrogen-bond donors (Lipinski definition) is 4. The smallest absolute Gasteiger partial charge is 0.319 e. The Hall–Kier alpha value is -2.08. The number of carbonyl (C=O) groups is 2. The first-order valence-electron chi connectivity index (χ1n) is 7.15. The molecule has 0 aromatic heterocycles. The van der Waals surface area contributed by atoms with Crippen LogP contribution in [-0.2, 0) is 4.79 Å². The van der Waals surface area contributed by atoms with Crippen LogP contribution in [0.25, 0.3) is 0 Å². The van der Waals surface area contributed by atoms with E-state index >= 15 is 0 Å². The molecule has 4 N–H and O–H groups in total. The summed E-state index contributed by atoms with van der Waals surface area (Å²) < 4.78 is 0. The van der Waals surface area contributed by atoms with Gasteiger partial charge in [-0.15, -0.1) is 0 Å². The van der Waals surface area contributed by atoms with Crippen LogP contribution in [0.5, 0.6) is 0 Å². The highest BCUT2D eigenvalue weighted by Gasteiger charge is 2.05. The Morgan fingerprint density at radius 1 is 1.10 bits per heavy atom. The summed E-state index contributed by atoms with van der Waals surface area (Å²) in [7, 11) is 0. The summed E-state index contributed by atoms with van der Waals surface area (Å²) in [5, 5.41) is 11.4. The van der Waals surface area contributed by atoms with E-state index in [-0.39, 0.29) is 18.0 Å². The van der Waals surface area contributed by atoms with Gasteiger partial charge < -0.3 is 21.3 Å². The third-order valence-electron chi connectivity index (χ3n) is 2.96. The lowest BCUT2D eigenvalue weighted by Gasteiger charge is -2.13. The Labute approximate surface area is 125 Å². The van der Waals surface area contributed by atoms with Gasteiger partial charge in [0, 0.05) is 31.7 Å². The van der Waals surface area contributed by atoms with Gasteiger partial charge in [-0.25, -0.2) is 4.79 Å². The fourth-order valence-electron chi connectivity index (χ4n) is 1.87. The van der Waals surface area contributed by atoms with E-state index in [1.807, 2.05) is 24.3 Å². The number of hydrogen-bond acceptors (Lipinski definition) is 3. The van der Waals surface area contributed by atoms with Crippen LogP contribution in [0.2, 0.25) is 0 Å². The second-order valence-corrected chi connectivity index (χ2v) is 4.77. The highest BCUT2D eigenvalue weighted by atomic mass is 16.2. The SMILES string of the molecule is CCNC(C)c1ccc(NC(=O)NCCNC(C)=O)cc1. The first-order valence-corrected chi connectivity index (χ1v) is 7.15. The molecule has 6 nitrogen and oxygen atoms in total. The van der Waals surface area contributed by atoms with Gasteiger partial charge in [0.2, 0.25) is 5.91 Å². The molecule has 0 aliphatic heterocycles. The van der Waals surface area contributed by atoms with Crippen LogP contribution in [0.15, 0.2) is 24.3 Å². The Bertz CT molecular complexity index is 459. The van der Waals surface area contributed by atoms with E-state index in [9.17, 15) is 9.59 Å². The average molecular weight is 292 g/mol. The Morgan fingerprint density at radius 3 is 2.29 bits per heavy atom. The van der Waals surface area contributed by atoms with Crippen molar-refractivity contribution in [1.82, 2.24) is 16.0 Å². The number of anilines is 1.